The quantitative estimate of drug-likeness (QED) is 0.186. The number of likely N-dealkylation sites (tertiary alicyclic amines) is 1. The summed E-state index contributed by atoms with van der Waals surface area (Å²) < 4.78 is 10.6. The molecule has 0 aliphatic carbocycles. The fraction of sp³-hybridized carbons (Fsp3) is 0.760. The van der Waals surface area contributed by atoms with Crippen molar-refractivity contribution in [2.75, 3.05) is 13.2 Å². The molecule has 3 N–H and O–H groups in total. The second kappa shape index (κ2) is 14.2. The minimum atomic E-state index is -1.40. The van der Waals surface area contributed by atoms with Crippen molar-refractivity contribution in [3.63, 3.8) is 0 Å². The van der Waals surface area contributed by atoms with Crippen LogP contribution in [0.5, 0.6) is 0 Å². The van der Waals surface area contributed by atoms with Crippen molar-refractivity contribution in [2.24, 2.45) is 0 Å². The molecule has 0 aromatic heterocycles. The van der Waals surface area contributed by atoms with E-state index in [0.717, 1.165) is 25.3 Å². The van der Waals surface area contributed by atoms with E-state index in [9.17, 15) is 24.3 Å². The lowest BCUT2D eigenvalue weighted by Crippen LogP contribution is -2.52. The summed E-state index contributed by atoms with van der Waals surface area (Å²) in [6, 6.07) is -1.83. The van der Waals surface area contributed by atoms with Gasteiger partial charge in [-0.25, -0.2) is 14.4 Å². The van der Waals surface area contributed by atoms with E-state index < -0.39 is 55.9 Å². The van der Waals surface area contributed by atoms with Gasteiger partial charge in [0.15, 0.2) is 0 Å². The van der Waals surface area contributed by atoms with Crippen molar-refractivity contribution in [3.05, 3.63) is 12.7 Å². The highest BCUT2D eigenvalue weighted by molar-refractivity contribution is 6.76. The summed E-state index contributed by atoms with van der Waals surface area (Å²) in [6.07, 6.45) is 4.15. The molecule has 1 aliphatic heterocycles. The first-order chi connectivity index (χ1) is 16.6. The van der Waals surface area contributed by atoms with E-state index in [4.69, 9.17) is 9.47 Å². The number of aliphatic carboxylic acids is 1. The fourth-order valence-corrected chi connectivity index (χ4v) is 4.51. The Hall–Kier alpha value is -2.56. The molecule has 10 nitrogen and oxygen atoms in total. The predicted octanol–water partition coefficient (Wildman–Crippen LogP) is 4.13. The molecule has 1 fully saturated rings. The van der Waals surface area contributed by atoms with Crippen LogP contribution in [-0.2, 0) is 19.1 Å². The van der Waals surface area contributed by atoms with Crippen molar-refractivity contribution in [3.8, 4) is 0 Å². The molecule has 0 spiro atoms. The SMILES string of the molecule is C=CCCCCC[C@H](NC(=O)OCC[Si](C)(C)C)C(=O)N1C[C@H](NC(=O)OC(C)(C)C)C[C@H]1C(=O)O. The third kappa shape index (κ3) is 12.4. The molecule has 11 heteroatoms. The highest BCUT2D eigenvalue weighted by atomic mass is 28.3. The average molecular weight is 528 g/mol. The molecule has 36 heavy (non-hydrogen) atoms. The molecule has 1 aliphatic rings. The summed E-state index contributed by atoms with van der Waals surface area (Å²) in [5.74, 6) is -1.67. The van der Waals surface area contributed by atoms with Crippen LogP contribution in [0.2, 0.25) is 25.7 Å². The predicted molar refractivity (Wildman–Crippen MR) is 141 cm³/mol. The van der Waals surface area contributed by atoms with Crippen molar-refractivity contribution >= 4 is 32.1 Å². The number of hydrogen-bond acceptors (Lipinski definition) is 6. The van der Waals surface area contributed by atoms with E-state index in [2.05, 4.69) is 36.9 Å². The zero-order valence-corrected chi connectivity index (χ0v) is 23.7. The smallest absolute Gasteiger partial charge is 0.407 e. The first kappa shape index (κ1) is 31.5. The molecule has 0 bridgehead atoms. The molecular weight excluding hydrogens is 482 g/mol. The fourth-order valence-electron chi connectivity index (χ4n) is 3.80. The van der Waals surface area contributed by atoms with Gasteiger partial charge in [0.05, 0.1) is 12.6 Å². The van der Waals surface area contributed by atoms with Gasteiger partial charge in [0.2, 0.25) is 5.91 Å². The molecule has 0 unspecified atom stereocenters. The van der Waals surface area contributed by atoms with Gasteiger partial charge < -0.3 is 30.1 Å². The monoisotopic (exact) mass is 527 g/mol. The van der Waals surface area contributed by atoms with Crippen LogP contribution >= 0.6 is 0 Å². The number of unbranched alkanes of at least 4 members (excludes halogenated alkanes) is 3. The van der Waals surface area contributed by atoms with E-state index in [1.165, 1.54) is 4.90 Å². The Kier molecular flexibility index (Phi) is 12.5. The van der Waals surface area contributed by atoms with Crippen LogP contribution in [0.15, 0.2) is 12.7 Å². The summed E-state index contributed by atoms with van der Waals surface area (Å²) in [7, 11) is -1.40. The molecule has 1 heterocycles. The number of allylic oxidation sites excluding steroid dienone is 1. The summed E-state index contributed by atoms with van der Waals surface area (Å²) in [5.41, 5.74) is -0.707. The van der Waals surface area contributed by atoms with Gasteiger partial charge in [0.1, 0.15) is 17.7 Å². The van der Waals surface area contributed by atoms with Gasteiger partial charge in [-0.3, -0.25) is 4.79 Å². The number of carboxylic acids is 1. The van der Waals surface area contributed by atoms with Crippen LogP contribution in [0.1, 0.15) is 59.3 Å². The van der Waals surface area contributed by atoms with Crippen molar-refractivity contribution in [2.45, 2.75) is 109 Å². The standard InChI is InChI=1S/C25H45N3O7Si/c1-8-9-10-11-12-13-19(27-23(32)34-14-15-36(5,6)7)21(29)28-17-18(16-20(28)22(30)31)26-24(33)35-25(2,3)4/h8,18-20H,1,9-17H2,2-7H3,(H,26,33)(H,27,32)(H,30,31)/t18-,19+,20+/m1/s1. The van der Waals surface area contributed by atoms with Crippen molar-refractivity contribution in [1.29, 1.82) is 0 Å². The molecule has 3 atom stereocenters. The maximum absolute atomic E-state index is 13.4. The first-order valence-corrected chi connectivity index (χ1v) is 16.4. The topological polar surface area (TPSA) is 134 Å². The molecule has 0 aromatic carbocycles. The highest BCUT2D eigenvalue weighted by Gasteiger charge is 2.43. The van der Waals surface area contributed by atoms with E-state index >= 15 is 0 Å². The van der Waals surface area contributed by atoms with Gasteiger partial charge in [-0.1, -0.05) is 38.6 Å². The summed E-state index contributed by atoms with van der Waals surface area (Å²) in [6.45, 7) is 15.7. The Balaban J connectivity index is 2.90. The van der Waals surface area contributed by atoms with Crippen LogP contribution in [0.3, 0.4) is 0 Å². The third-order valence-corrected chi connectivity index (χ3v) is 7.37. The molecule has 3 amide bonds. The number of hydrogen-bond donors (Lipinski definition) is 3. The van der Waals surface area contributed by atoms with Gasteiger partial charge in [-0.2, -0.15) is 0 Å². The zero-order chi connectivity index (χ0) is 27.5. The normalized spacial score (nSPS) is 18.8. The van der Waals surface area contributed by atoms with Gasteiger partial charge in [0, 0.05) is 21.0 Å². The maximum Gasteiger partial charge on any atom is 0.407 e. The van der Waals surface area contributed by atoms with E-state index in [1.54, 1.807) is 20.8 Å². The second-order valence-electron chi connectivity index (χ2n) is 11.5. The Bertz CT molecular complexity index is 777. The summed E-state index contributed by atoms with van der Waals surface area (Å²) in [4.78, 5) is 51.2. The minimum Gasteiger partial charge on any atom is -0.480 e. The number of carbonyl (C=O) groups is 4. The van der Waals surface area contributed by atoms with E-state index in [1.807, 2.05) is 6.08 Å². The van der Waals surface area contributed by atoms with Crippen molar-refractivity contribution in [1.82, 2.24) is 15.5 Å². The maximum atomic E-state index is 13.4. The molecule has 1 rings (SSSR count). The zero-order valence-electron chi connectivity index (χ0n) is 22.7. The second-order valence-corrected chi connectivity index (χ2v) is 17.1. The Morgan fingerprint density at radius 1 is 1.14 bits per heavy atom. The lowest BCUT2D eigenvalue weighted by atomic mass is 10.1. The van der Waals surface area contributed by atoms with Crippen LogP contribution in [0, 0.1) is 0 Å². The lowest BCUT2D eigenvalue weighted by molar-refractivity contribution is -0.149. The van der Waals surface area contributed by atoms with Crippen LogP contribution in [-0.4, -0.2) is 79.0 Å². The Morgan fingerprint density at radius 3 is 2.36 bits per heavy atom. The Labute approximate surface area is 216 Å². The molecule has 206 valence electrons. The number of carbonyl (C=O) groups excluding carboxylic acids is 3. The number of alkyl carbamates (subject to hydrolysis) is 2. The van der Waals surface area contributed by atoms with Crippen LogP contribution < -0.4 is 10.6 Å². The first-order valence-electron chi connectivity index (χ1n) is 12.7. The van der Waals surface area contributed by atoms with E-state index in [0.29, 0.717) is 12.8 Å². The number of rotatable bonds is 13. The number of ether oxygens (including phenoxy) is 2. The van der Waals surface area contributed by atoms with Gasteiger partial charge in [-0.15, -0.1) is 6.58 Å². The molecule has 1 saturated heterocycles. The summed E-state index contributed by atoms with van der Waals surface area (Å²) in [5, 5.41) is 15.1. The Morgan fingerprint density at radius 2 is 1.81 bits per heavy atom. The van der Waals surface area contributed by atoms with Crippen LogP contribution in [0.25, 0.3) is 0 Å². The molecule has 0 radical (unpaired) electrons. The highest BCUT2D eigenvalue weighted by Crippen LogP contribution is 2.22. The molecule has 0 aromatic rings. The number of nitrogens with zero attached hydrogens (tertiary/aromatic N) is 1. The average Bonchev–Trinajstić information content (AvgIpc) is 3.13. The minimum absolute atomic E-state index is 0.00829. The van der Waals surface area contributed by atoms with Gasteiger partial charge in [-0.05, 0) is 46.1 Å². The van der Waals surface area contributed by atoms with E-state index in [-0.39, 0.29) is 19.6 Å². The van der Waals surface area contributed by atoms with Crippen molar-refractivity contribution < 1.29 is 33.8 Å². The van der Waals surface area contributed by atoms with Gasteiger partial charge >= 0.3 is 18.2 Å². The number of nitrogens with one attached hydrogen (secondary N) is 2. The molecular formula is C25H45N3O7Si. The summed E-state index contributed by atoms with van der Waals surface area (Å²) >= 11 is 0. The molecule has 0 saturated carbocycles. The lowest BCUT2D eigenvalue weighted by Gasteiger charge is -2.27. The third-order valence-electron chi connectivity index (χ3n) is 5.67. The van der Waals surface area contributed by atoms with Crippen LogP contribution in [0.4, 0.5) is 9.59 Å². The number of amides is 3. The number of carboxylic acid groups (broad SMARTS) is 1. The largest absolute Gasteiger partial charge is 0.480 e. The van der Waals surface area contributed by atoms with Gasteiger partial charge in [0.25, 0.3) is 0 Å².